The number of ether oxygens (including phenoxy) is 1. The summed E-state index contributed by atoms with van der Waals surface area (Å²) in [5.74, 6) is 0. The molecule has 0 aromatic heterocycles. The Labute approximate surface area is 81.7 Å². The summed E-state index contributed by atoms with van der Waals surface area (Å²) < 4.78 is 5.19. The topological polar surface area (TPSA) is 32.7 Å². The lowest BCUT2D eigenvalue weighted by molar-refractivity contribution is 0.0141. The molecule has 0 bridgehead atoms. The van der Waals surface area contributed by atoms with E-state index in [4.69, 9.17) is 4.74 Å². The molecule has 1 aliphatic rings. The summed E-state index contributed by atoms with van der Waals surface area (Å²) >= 11 is 0. The molecule has 1 fully saturated rings. The number of morpholine rings is 1. The average molecular weight is 189 g/mol. The molecule has 13 heavy (non-hydrogen) atoms. The standard InChI is InChI=1S/C8H17NO2.C2H6/c1-2-8(10)7-9-3-5-11-6-4-9;1-2/h8,10H,2-7H2,1H3;1-2H3. The predicted octanol–water partition coefficient (Wildman–Crippen LogP) is 1.12. The van der Waals surface area contributed by atoms with Gasteiger partial charge in [-0.1, -0.05) is 20.8 Å². The quantitative estimate of drug-likeness (QED) is 0.722. The molecule has 0 spiro atoms. The molecule has 0 aliphatic carbocycles. The van der Waals surface area contributed by atoms with E-state index in [1.807, 2.05) is 20.8 Å². The molecular weight excluding hydrogens is 166 g/mol. The summed E-state index contributed by atoms with van der Waals surface area (Å²) in [5, 5.41) is 9.33. The van der Waals surface area contributed by atoms with Crippen molar-refractivity contribution in [1.82, 2.24) is 4.90 Å². The predicted molar refractivity (Wildman–Crippen MR) is 54.9 cm³/mol. The summed E-state index contributed by atoms with van der Waals surface area (Å²) in [6.07, 6.45) is 0.685. The highest BCUT2D eigenvalue weighted by Crippen LogP contribution is 2.00. The Morgan fingerprint density at radius 1 is 1.31 bits per heavy atom. The summed E-state index contributed by atoms with van der Waals surface area (Å²) in [6.45, 7) is 10.4. The van der Waals surface area contributed by atoms with Gasteiger partial charge in [-0.25, -0.2) is 0 Å². The number of hydrogen-bond donors (Lipinski definition) is 1. The average Bonchev–Trinajstić information content (AvgIpc) is 2.22. The van der Waals surface area contributed by atoms with Gasteiger partial charge in [0.15, 0.2) is 0 Å². The summed E-state index contributed by atoms with van der Waals surface area (Å²) in [6, 6.07) is 0. The molecular formula is C10H23NO2. The number of rotatable bonds is 3. The van der Waals surface area contributed by atoms with E-state index in [9.17, 15) is 5.11 Å². The first kappa shape index (κ1) is 12.9. The van der Waals surface area contributed by atoms with Crippen molar-refractivity contribution in [2.75, 3.05) is 32.8 Å². The van der Waals surface area contributed by atoms with Gasteiger partial charge >= 0.3 is 0 Å². The van der Waals surface area contributed by atoms with Crippen LogP contribution in [0.3, 0.4) is 0 Å². The minimum absolute atomic E-state index is 0.159. The molecule has 1 unspecified atom stereocenters. The maximum Gasteiger partial charge on any atom is 0.0664 e. The van der Waals surface area contributed by atoms with Gasteiger partial charge < -0.3 is 9.84 Å². The third-order valence-corrected chi connectivity index (χ3v) is 2.04. The zero-order chi connectivity index (χ0) is 10.1. The highest BCUT2D eigenvalue weighted by atomic mass is 16.5. The molecule has 1 saturated heterocycles. The van der Waals surface area contributed by atoms with Crippen molar-refractivity contribution in [3.05, 3.63) is 0 Å². The van der Waals surface area contributed by atoms with Crippen LogP contribution < -0.4 is 0 Å². The van der Waals surface area contributed by atoms with Crippen LogP contribution in [0.25, 0.3) is 0 Å². The molecule has 0 amide bonds. The van der Waals surface area contributed by atoms with Gasteiger partial charge in [-0.15, -0.1) is 0 Å². The molecule has 80 valence electrons. The van der Waals surface area contributed by atoms with E-state index in [2.05, 4.69) is 4.90 Å². The number of hydrogen-bond acceptors (Lipinski definition) is 3. The molecule has 1 aliphatic heterocycles. The lowest BCUT2D eigenvalue weighted by Crippen LogP contribution is -2.40. The van der Waals surface area contributed by atoms with Crippen LogP contribution in [0.1, 0.15) is 27.2 Å². The summed E-state index contributed by atoms with van der Waals surface area (Å²) in [5.41, 5.74) is 0. The zero-order valence-corrected chi connectivity index (χ0v) is 9.12. The Morgan fingerprint density at radius 3 is 2.31 bits per heavy atom. The number of β-amino-alcohol motifs (C(OH)–C–C–N with tert-alkyl or cyclic N) is 1. The first-order valence-corrected chi connectivity index (χ1v) is 5.31. The van der Waals surface area contributed by atoms with E-state index >= 15 is 0 Å². The van der Waals surface area contributed by atoms with E-state index in [-0.39, 0.29) is 6.10 Å². The molecule has 1 atom stereocenters. The first-order valence-electron chi connectivity index (χ1n) is 5.31. The molecule has 3 nitrogen and oxygen atoms in total. The van der Waals surface area contributed by atoms with Crippen LogP contribution >= 0.6 is 0 Å². The minimum Gasteiger partial charge on any atom is -0.392 e. The molecule has 0 radical (unpaired) electrons. The normalized spacial score (nSPS) is 20.3. The van der Waals surface area contributed by atoms with E-state index in [0.717, 1.165) is 39.3 Å². The fourth-order valence-electron chi connectivity index (χ4n) is 1.21. The second-order valence-corrected chi connectivity index (χ2v) is 2.98. The van der Waals surface area contributed by atoms with Gasteiger partial charge in [-0.2, -0.15) is 0 Å². The molecule has 1 rings (SSSR count). The van der Waals surface area contributed by atoms with E-state index < -0.39 is 0 Å². The van der Waals surface area contributed by atoms with Crippen LogP contribution in [0.4, 0.5) is 0 Å². The Balaban J connectivity index is 0.000000671. The molecule has 0 saturated carbocycles. The van der Waals surface area contributed by atoms with Crippen molar-refractivity contribution in [3.63, 3.8) is 0 Å². The van der Waals surface area contributed by atoms with Crippen molar-refractivity contribution >= 4 is 0 Å². The maximum atomic E-state index is 9.33. The van der Waals surface area contributed by atoms with Gasteiger partial charge in [0.2, 0.25) is 0 Å². The molecule has 0 aromatic carbocycles. The SMILES string of the molecule is CC.CCC(O)CN1CCOCC1. The van der Waals surface area contributed by atoms with Crippen LogP contribution in [-0.4, -0.2) is 49.0 Å². The largest absolute Gasteiger partial charge is 0.392 e. The van der Waals surface area contributed by atoms with Crippen molar-refractivity contribution in [1.29, 1.82) is 0 Å². The molecule has 1 heterocycles. The van der Waals surface area contributed by atoms with E-state index in [1.54, 1.807) is 0 Å². The fraction of sp³-hybridized carbons (Fsp3) is 1.00. The van der Waals surface area contributed by atoms with Gasteiger partial charge in [0.05, 0.1) is 19.3 Å². The number of aliphatic hydroxyl groups excluding tert-OH is 1. The Morgan fingerprint density at radius 2 is 1.85 bits per heavy atom. The molecule has 3 heteroatoms. The third-order valence-electron chi connectivity index (χ3n) is 2.04. The number of aliphatic hydroxyl groups is 1. The van der Waals surface area contributed by atoms with Gasteiger partial charge in [0, 0.05) is 19.6 Å². The Bertz CT molecular complexity index is 103. The van der Waals surface area contributed by atoms with E-state index in [1.165, 1.54) is 0 Å². The third kappa shape index (κ3) is 6.02. The smallest absolute Gasteiger partial charge is 0.0664 e. The van der Waals surface area contributed by atoms with Gasteiger partial charge in [-0.05, 0) is 6.42 Å². The van der Waals surface area contributed by atoms with Crippen LogP contribution in [0.15, 0.2) is 0 Å². The second kappa shape index (κ2) is 8.48. The van der Waals surface area contributed by atoms with Crippen molar-refractivity contribution < 1.29 is 9.84 Å². The van der Waals surface area contributed by atoms with Crippen LogP contribution in [-0.2, 0) is 4.74 Å². The molecule has 1 N–H and O–H groups in total. The maximum absolute atomic E-state index is 9.33. The minimum atomic E-state index is -0.159. The zero-order valence-electron chi connectivity index (χ0n) is 9.12. The number of nitrogens with zero attached hydrogens (tertiary/aromatic N) is 1. The summed E-state index contributed by atoms with van der Waals surface area (Å²) in [4.78, 5) is 2.25. The highest BCUT2D eigenvalue weighted by Gasteiger charge is 2.12. The highest BCUT2D eigenvalue weighted by molar-refractivity contribution is 4.65. The Kier molecular flexibility index (Phi) is 8.40. The lowest BCUT2D eigenvalue weighted by Gasteiger charge is -2.28. The first-order chi connectivity index (χ1) is 6.33. The second-order valence-electron chi connectivity index (χ2n) is 2.98. The van der Waals surface area contributed by atoms with E-state index in [0.29, 0.717) is 0 Å². The van der Waals surface area contributed by atoms with Crippen LogP contribution in [0.2, 0.25) is 0 Å². The van der Waals surface area contributed by atoms with Crippen molar-refractivity contribution in [2.45, 2.75) is 33.3 Å². The summed E-state index contributed by atoms with van der Waals surface area (Å²) in [7, 11) is 0. The van der Waals surface area contributed by atoms with Crippen LogP contribution in [0.5, 0.6) is 0 Å². The monoisotopic (exact) mass is 189 g/mol. The van der Waals surface area contributed by atoms with Crippen molar-refractivity contribution in [3.8, 4) is 0 Å². The van der Waals surface area contributed by atoms with Gasteiger partial charge in [0.1, 0.15) is 0 Å². The lowest BCUT2D eigenvalue weighted by atomic mass is 10.2. The van der Waals surface area contributed by atoms with Gasteiger partial charge in [-0.3, -0.25) is 4.90 Å². The Hall–Kier alpha value is -0.120. The van der Waals surface area contributed by atoms with Crippen molar-refractivity contribution in [2.24, 2.45) is 0 Å². The van der Waals surface area contributed by atoms with Crippen LogP contribution in [0, 0.1) is 0 Å². The van der Waals surface area contributed by atoms with Gasteiger partial charge in [0.25, 0.3) is 0 Å². The fourth-order valence-corrected chi connectivity index (χ4v) is 1.21. The molecule has 0 aromatic rings.